The topological polar surface area (TPSA) is 66.6 Å². The van der Waals surface area contributed by atoms with Gasteiger partial charge in [-0.15, -0.1) is 0 Å². The van der Waals surface area contributed by atoms with Crippen molar-refractivity contribution in [2.75, 3.05) is 7.05 Å². The van der Waals surface area contributed by atoms with E-state index in [9.17, 15) is 9.90 Å². The third-order valence-electron chi connectivity index (χ3n) is 3.87. The number of carbonyl (C=O) groups is 1. The summed E-state index contributed by atoms with van der Waals surface area (Å²) in [7, 11) is 1.79. The summed E-state index contributed by atoms with van der Waals surface area (Å²) in [6.45, 7) is 0.526. The molecule has 0 aliphatic heterocycles. The first-order chi connectivity index (χ1) is 9.01. The number of hydrogen-bond donors (Lipinski definition) is 2. The van der Waals surface area contributed by atoms with E-state index in [2.05, 4.69) is 0 Å². The average Bonchev–Trinajstić information content (AvgIpc) is 2.41. The molecule has 0 radical (unpaired) electrons. The first kappa shape index (κ1) is 13.9. The molecule has 4 heteroatoms. The number of nitrogens with zero attached hydrogens (tertiary/aromatic N) is 1. The van der Waals surface area contributed by atoms with Gasteiger partial charge in [0.25, 0.3) is 0 Å². The van der Waals surface area contributed by atoms with Crippen LogP contribution in [0, 0.1) is 0 Å². The van der Waals surface area contributed by atoms with Gasteiger partial charge in [0.1, 0.15) is 5.75 Å². The minimum atomic E-state index is -0.677. The third-order valence-corrected chi connectivity index (χ3v) is 3.87. The van der Waals surface area contributed by atoms with Crippen molar-refractivity contribution in [3.63, 3.8) is 0 Å². The molecule has 1 aromatic carbocycles. The molecule has 0 spiro atoms. The molecular weight excluding hydrogens is 240 g/mol. The Labute approximate surface area is 114 Å². The van der Waals surface area contributed by atoms with E-state index in [0.29, 0.717) is 6.54 Å². The van der Waals surface area contributed by atoms with Gasteiger partial charge in [-0.05, 0) is 30.5 Å². The molecule has 1 saturated carbocycles. The fourth-order valence-corrected chi connectivity index (χ4v) is 2.72. The summed E-state index contributed by atoms with van der Waals surface area (Å²) in [5, 5.41) is 9.24. The van der Waals surface area contributed by atoms with E-state index in [1.165, 1.54) is 6.42 Å². The molecule has 1 aromatic rings. The van der Waals surface area contributed by atoms with Gasteiger partial charge in [0, 0.05) is 13.6 Å². The Balaban J connectivity index is 2.00. The largest absolute Gasteiger partial charge is 0.508 e. The van der Waals surface area contributed by atoms with Crippen LogP contribution in [-0.4, -0.2) is 28.5 Å². The van der Waals surface area contributed by atoms with Gasteiger partial charge in [-0.25, -0.2) is 0 Å². The molecule has 0 bridgehead atoms. The monoisotopic (exact) mass is 262 g/mol. The van der Waals surface area contributed by atoms with Crippen molar-refractivity contribution >= 4 is 5.91 Å². The number of hydrogen-bond acceptors (Lipinski definition) is 3. The van der Waals surface area contributed by atoms with Crippen LogP contribution in [0.2, 0.25) is 0 Å². The quantitative estimate of drug-likeness (QED) is 0.875. The van der Waals surface area contributed by atoms with Crippen LogP contribution in [-0.2, 0) is 11.3 Å². The predicted octanol–water partition coefficient (Wildman–Crippen LogP) is 2.01. The number of amides is 1. The molecule has 0 aromatic heterocycles. The van der Waals surface area contributed by atoms with Crippen LogP contribution in [0.15, 0.2) is 24.3 Å². The Hall–Kier alpha value is -1.55. The maximum Gasteiger partial charge on any atom is 0.242 e. The number of phenolic OH excluding ortho intramolecular Hbond substituents is 1. The van der Waals surface area contributed by atoms with Crippen LogP contribution in [0.1, 0.15) is 37.7 Å². The summed E-state index contributed by atoms with van der Waals surface area (Å²) in [5.41, 5.74) is 6.57. The summed E-state index contributed by atoms with van der Waals surface area (Å²) in [4.78, 5) is 14.1. The van der Waals surface area contributed by atoms with Crippen LogP contribution in [0.5, 0.6) is 5.75 Å². The highest BCUT2D eigenvalue weighted by Gasteiger charge is 2.37. The standard InChI is InChI=1S/C15H22N2O2/c1-17(11-12-5-7-13(18)8-6-12)14(19)15(16)9-3-2-4-10-15/h5-8,18H,2-4,9-11,16H2,1H3. The summed E-state index contributed by atoms with van der Waals surface area (Å²) < 4.78 is 0. The van der Waals surface area contributed by atoms with Gasteiger partial charge in [0.15, 0.2) is 0 Å². The van der Waals surface area contributed by atoms with E-state index in [1.807, 2.05) is 12.1 Å². The fourth-order valence-electron chi connectivity index (χ4n) is 2.72. The zero-order valence-corrected chi connectivity index (χ0v) is 11.4. The van der Waals surface area contributed by atoms with Crippen molar-refractivity contribution < 1.29 is 9.90 Å². The maximum atomic E-state index is 12.4. The van der Waals surface area contributed by atoms with Gasteiger partial charge in [0.05, 0.1) is 5.54 Å². The van der Waals surface area contributed by atoms with Gasteiger partial charge < -0.3 is 15.7 Å². The number of phenols is 1. The second kappa shape index (κ2) is 5.61. The Morgan fingerprint density at radius 2 is 1.84 bits per heavy atom. The molecule has 0 heterocycles. The molecule has 104 valence electrons. The molecule has 19 heavy (non-hydrogen) atoms. The van der Waals surface area contributed by atoms with Crippen molar-refractivity contribution in [3.8, 4) is 5.75 Å². The zero-order chi connectivity index (χ0) is 13.9. The molecule has 4 nitrogen and oxygen atoms in total. The van der Waals surface area contributed by atoms with Crippen molar-refractivity contribution in [2.24, 2.45) is 5.73 Å². The molecular formula is C15H22N2O2. The molecule has 1 aliphatic rings. The normalized spacial score (nSPS) is 18.0. The van der Waals surface area contributed by atoms with Crippen LogP contribution in [0.3, 0.4) is 0 Å². The maximum absolute atomic E-state index is 12.4. The van der Waals surface area contributed by atoms with Gasteiger partial charge >= 0.3 is 0 Å². The van der Waals surface area contributed by atoms with Gasteiger partial charge in [-0.3, -0.25) is 4.79 Å². The van der Waals surface area contributed by atoms with E-state index >= 15 is 0 Å². The summed E-state index contributed by atoms with van der Waals surface area (Å²) >= 11 is 0. The van der Waals surface area contributed by atoms with Crippen LogP contribution >= 0.6 is 0 Å². The molecule has 1 amide bonds. The second-order valence-electron chi connectivity index (χ2n) is 5.54. The van der Waals surface area contributed by atoms with Crippen LogP contribution in [0.4, 0.5) is 0 Å². The summed E-state index contributed by atoms with van der Waals surface area (Å²) in [6.07, 6.45) is 4.82. The van der Waals surface area contributed by atoms with Crippen LogP contribution in [0.25, 0.3) is 0 Å². The van der Waals surface area contributed by atoms with E-state index in [-0.39, 0.29) is 11.7 Å². The smallest absolute Gasteiger partial charge is 0.242 e. The van der Waals surface area contributed by atoms with E-state index in [0.717, 1.165) is 31.2 Å². The van der Waals surface area contributed by atoms with Crippen molar-refractivity contribution in [2.45, 2.75) is 44.2 Å². The third kappa shape index (κ3) is 3.26. The first-order valence-corrected chi connectivity index (χ1v) is 6.84. The van der Waals surface area contributed by atoms with Crippen molar-refractivity contribution in [3.05, 3.63) is 29.8 Å². The Kier molecular flexibility index (Phi) is 4.10. The van der Waals surface area contributed by atoms with E-state index in [1.54, 1.807) is 24.1 Å². The van der Waals surface area contributed by atoms with Crippen LogP contribution < -0.4 is 5.73 Å². The average molecular weight is 262 g/mol. The lowest BCUT2D eigenvalue weighted by Gasteiger charge is -2.35. The first-order valence-electron chi connectivity index (χ1n) is 6.84. The van der Waals surface area contributed by atoms with Crippen molar-refractivity contribution in [1.29, 1.82) is 0 Å². The summed E-state index contributed by atoms with van der Waals surface area (Å²) in [6, 6.07) is 6.91. The number of benzene rings is 1. The lowest BCUT2D eigenvalue weighted by molar-refractivity contribution is -0.137. The number of rotatable bonds is 3. The minimum Gasteiger partial charge on any atom is -0.508 e. The van der Waals surface area contributed by atoms with E-state index in [4.69, 9.17) is 5.73 Å². The Bertz CT molecular complexity index is 436. The number of likely N-dealkylation sites (N-methyl/N-ethyl adjacent to an activating group) is 1. The zero-order valence-electron chi connectivity index (χ0n) is 11.4. The molecule has 1 aliphatic carbocycles. The highest BCUT2D eigenvalue weighted by atomic mass is 16.3. The second-order valence-corrected chi connectivity index (χ2v) is 5.54. The number of carbonyl (C=O) groups excluding carboxylic acids is 1. The Morgan fingerprint density at radius 3 is 2.42 bits per heavy atom. The highest BCUT2D eigenvalue weighted by Crippen LogP contribution is 2.27. The van der Waals surface area contributed by atoms with Gasteiger partial charge in [0.2, 0.25) is 5.91 Å². The SMILES string of the molecule is CN(Cc1ccc(O)cc1)C(=O)C1(N)CCCCC1. The molecule has 0 saturated heterocycles. The van der Waals surface area contributed by atoms with Gasteiger partial charge in [-0.2, -0.15) is 0 Å². The summed E-state index contributed by atoms with van der Waals surface area (Å²) in [5.74, 6) is 0.264. The molecule has 0 atom stereocenters. The number of aromatic hydroxyl groups is 1. The molecule has 2 rings (SSSR count). The van der Waals surface area contributed by atoms with Crippen molar-refractivity contribution in [1.82, 2.24) is 4.90 Å². The minimum absolute atomic E-state index is 0.0280. The lowest BCUT2D eigenvalue weighted by Crippen LogP contribution is -2.55. The van der Waals surface area contributed by atoms with Gasteiger partial charge in [-0.1, -0.05) is 31.4 Å². The molecule has 3 N–H and O–H groups in total. The lowest BCUT2D eigenvalue weighted by atomic mass is 9.81. The molecule has 0 unspecified atom stereocenters. The predicted molar refractivity (Wildman–Crippen MR) is 74.6 cm³/mol. The van der Waals surface area contributed by atoms with E-state index < -0.39 is 5.54 Å². The molecule has 1 fully saturated rings. The fraction of sp³-hybridized carbons (Fsp3) is 0.533. The Morgan fingerprint density at radius 1 is 1.26 bits per heavy atom. The highest BCUT2D eigenvalue weighted by molar-refractivity contribution is 5.86. The number of nitrogens with two attached hydrogens (primary N) is 1.